The molecule has 2 heterocycles. The van der Waals surface area contributed by atoms with E-state index in [1.807, 2.05) is 31.2 Å². The van der Waals surface area contributed by atoms with Gasteiger partial charge in [0, 0.05) is 17.0 Å². The fourth-order valence-corrected chi connectivity index (χ4v) is 5.39. The van der Waals surface area contributed by atoms with Crippen molar-refractivity contribution in [2.24, 2.45) is 0 Å². The third-order valence-electron chi connectivity index (χ3n) is 4.60. The lowest BCUT2D eigenvalue weighted by Crippen LogP contribution is -2.30. The van der Waals surface area contributed by atoms with Crippen LogP contribution in [0.2, 0.25) is 15.2 Å². The first-order chi connectivity index (χ1) is 13.4. The molecule has 0 N–H and O–H groups in total. The van der Waals surface area contributed by atoms with Crippen LogP contribution in [0.3, 0.4) is 0 Å². The number of hydrogen-bond acceptors (Lipinski definition) is 4. The predicted molar refractivity (Wildman–Crippen MR) is 117 cm³/mol. The molecule has 28 heavy (non-hydrogen) atoms. The van der Waals surface area contributed by atoms with Crippen LogP contribution in [-0.4, -0.2) is 23.3 Å². The molecule has 1 aromatic heterocycles. The van der Waals surface area contributed by atoms with Crippen molar-refractivity contribution in [3.05, 3.63) is 63.2 Å². The number of methoxy groups -OCH3 is 1. The van der Waals surface area contributed by atoms with Crippen molar-refractivity contribution >= 4 is 69.1 Å². The molecule has 2 aromatic carbocycles. The number of carbonyl (C=O) groups is 1. The number of rotatable bonds is 3. The van der Waals surface area contributed by atoms with Crippen molar-refractivity contribution in [1.29, 1.82) is 0 Å². The van der Waals surface area contributed by atoms with Crippen LogP contribution >= 0.6 is 46.6 Å². The zero-order valence-electron chi connectivity index (χ0n) is 14.9. The summed E-state index contributed by atoms with van der Waals surface area (Å²) in [6, 6.07) is 12.7. The van der Waals surface area contributed by atoms with Crippen molar-refractivity contribution in [3.63, 3.8) is 0 Å². The van der Waals surface area contributed by atoms with Gasteiger partial charge in [0.05, 0.1) is 33.6 Å². The summed E-state index contributed by atoms with van der Waals surface area (Å²) >= 11 is 20.8. The van der Waals surface area contributed by atoms with Gasteiger partial charge < -0.3 is 4.74 Å². The summed E-state index contributed by atoms with van der Waals surface area (Å²) in [5, 5.41) is 1.41. The van der Waals surface area contributed by atoms with E-state index in [0.717, 1.165) is 16.5 Å². The van der Waals surface area contributed by atoms with Gasteiger partial charge in [0.1, 0.15) is 16.3 Å². The zero-order chi connectivity index (χ0) is 20.0. The van der Waals surface area contributed by atoms with Crippen LogP contribution in [0.1, 0.15) is 17.9 Å². The minimum atomic E-state index is -0.383. The summed E-state index contributed by atoms with van der Waals surface area (Å²) in [6.07, 6.45) is 0. The number of pyridine rings is 1. The smallest absolute Gasteiger partial charge is 0.241 e. The summed E-state index contributed by atoms with van der Waals surface area (Å²) in [5.74, 6) is 0.628. The number of halogens is 3. The number of ether oxygens (including phenoxy) is 1. The Hall–Kier alpha value is -1.66. The molecule has 1 saturated heterocycles. The maximum absolute atomic E-state index is 13.0. The molecule has 0 spiro atoms. The highest BCUT2D eigenvalue weighted by Gasteiger charge is 2.42. The molecule has 1 aliphatic rings. The highest BCUT2D eigenvalue weighted by molar-refractivity contribution is 8.01. The molecular weight excluding hydrogens is 439 g/mol. The van der Waals surface area contributed by atoms with Gasteiger partial charge in [-0.05, 0) is 37.3 Å². The summed E-state index contributed by atoms with van der Waals surface area (Å²) < 4.78 is 5.25. The lowest BCUT2D eigenvalue weighted by molar-refractivity contribution is -0.117. The van der Waals surface area contributed by atoms with Gasteiger partial charge in [0.25, 0.3) is 0 Å². The number of thioether (sulfide) groups is 1. The molecule has 1 amide bonds. The van der Waals surface area contributed by atoms with E-state index < -0.39 is 0 Å². The number of anilines is 1. The molecule has 1 fully saturated rings. The number of aromatic nitrogens is 1. The average Bonchev–Trinajstić information content (AvgIpc) is 2.95. The van der Waals surface area contributed by atoms with E-state index in [-0.39, 0.29) is 16.5 Å². The lowest BCUT2D eigenvalue weighted by Gasteiger charge is -2.26. The van der Waals surface area contributed by atoms with E-state index in [1.165, 1.54) is 11.8 Å². The Kier molecular flexibility index (Phi) is 5.36. The quantitative estimate of drug-likeness (QED) is 0.432. The van der Waals surface area contributed by atoms with Crippen LogP contribution in [0.4, 0.5) is 5.69 Å². The van der Waals surface area contributed by atoms with Crippen LogP contribution in [0.25, 0.3) is 10.9 Å². The van der Waals surface area contributed by atoms with Crippen LogP contribution in [0, 0.1) is 0 Å². The molecule has 0 radical (unpaired) electrons. The fourth-order valence-electron chi connectivity index (χ4n) is 3.22. The van der Waals surface area contributed by atoms with Gasteiger partial charge in [0.2, 0.25) is 5.91 Å². The molecule has 1 aliphatic heterocycles. The van der Waals surface area contributed by atoms with Gasteiger partial charge in [-0.3, -0.25) is 9.69 Å². The fraction of sp³-hybridized carbons (Fsp3) is 0.200. The maximum Gasteiger partial charge on any atom is 0.241 e. The van der Waals surface area contributed by atoms with Gasteiger partial charge in [0.15, 0.2) is 0 Å². The van der Waals surface area contributed by atoms with Gasteiger partial charge in [-0.2, -0.15) is 0 Å². The largest absolute Gasteiger partial charge is 0.497 e. The average molecular weight is 454 g/mol. The highest BCUT2D eigenvalue weighted by Crippen LogP contribution is 2.50. The maximum atomic E-state index is 13.0. The number of hydrogen-bond donors (Lipinski definition) is 0. The summed E-state index contributed by atoms with van der Waals surface area (Å²) in [6.45, 7) is 1.86. The van der Waals surface area contributed by atoms with Gasteiger partial charge in [-0.1, -0.05) is 40.9 Å². The molecule has 4 nitrogen and oxygen atoms in total. The van der Waals surface area contributed by atoms with Crippen molar-refractivity contribution in [3.8, 4) is 5.75 Å². The second-order valence-corrected chi connectivity index (χ2v) is 8.93. The SMILES string of the molecule is COc1ccc2cc(C3SC(C)C(=O)N3c3c(Cl)cccc3Cl)c(Cl)nc2c1. The first-order valence-electron chi connectivity index (χ1n) is 8.47. The summed E-state index contributed by atoms with van der Waals surface area (Å²) in [5.41, 5.74) is 1.94. The number of para-hydroxylation sites is 1. The molecule has 8 heteroatoms. The van der Waals surface area contributed by atoms with Crippen molar-refractivity contribution < 1.29 is 9.53 Å². The second-order valence-electron chi connectivity index (χ2n) is 6.34. The molecule has 2 atom stereocenters. The molecule has 144 valence electrons. The van der Waals surface area contributed by atoms with E-state index >= 15 is 0 Å². The monoisotopic (exact) mass is 452 g/mol. The Bertz CT molecular complexity index is 1070. The lowest BCUT2D eigenvalue weighted by atomic mass is 10.1. The van der Waals surface area contributed by atoms with Gasteiger partial charge >= 0.3 is 0 Å². The highest BCUT2D eigenvalue weighted by atomic mass is 35.5. The van der Waals surface area contributed by atoms with Crippen molar-refractivity contribution in [2.45, 2.75) is 17.5 Å². The molecule has 2 unspecified atom stereocenters. The van der Waals surface area contributed by atoms with E-state index in [1.54, 1.807) is 30.2 Å². The van der Waals surface area contributed by atoms with Crippen LogP contribution < -0.4 is 9.64 Å². The van der Waals surface area contributed by atoms with Crippen molar-refractivity contribution in [1.82, 2.24) is 4.98 Å². The Balaban J connectivity index is 1.87. The van der Waals surface area contributed by atoms with Crippen LogP contribution in [0.15, 0.2) is 42.5 Å². The van der Waals surface area contributed by atoms with E-state index in [4.69, 9.17) is 39.5 Å². The number of carbonyl (C=O) groups excluding carboxylic acids is 1. The minimum absolute atomic E-state index is 0.0732. The second kappa shape index (κ2) is 7.64. The molecule has 4 rings (SSSR count). The standard InChI is InChI=1S/C20H15Cl3N2O2S/c1-10-19(26)25(17-14(21)4-3-5-15(17)22)20(28-10)13-8-11-6-7-12(27-2)9-16(11)24-18(13)23/h3-10,20H,1-2H3. The molecule has 0 aliphatic carbocycles. The van der Waals surface area contributed by atoms with Crippen molar-refractivity contribution in [2.75, 3.05) is 12.0 Å². The number of fused-ring (bicyclic) bond motifs is 1. The summed E-state index contributed by atoms with van der Waals surface area (Å²) in [4.78, 5) is 19.1. The topological polar surface area (TPSA) is 42.4 Å². The third-order valence-corrected chi connectivity index (χ3v) is 6.85. The Labute approximate surface area is 181 Å². The molecule has 0 saturated carbocycles. The number of nitrogens with zero attached hydrogens (tertiary/aromatic N) is 2. The Morgan fingerprint density at radius 3 is 2.50 bits per heavy atom. The first-order valence-corrected chi connectivity index (χ1v) is 10.5. The predicted octanol–water partition coefficient (Wildman–Crippen LogP) is 6.37. The third kappa shape index (κ3) is 3.30. The Morgan fingerprint density at radius 1 is 1.11 bits per heavy atom. The van der Waals surface area contributed by atoms with Gasteiger partial charge in [-0.25, -0.2) is 4.98 Å². The number of benzene rings is 2. The van der Waals surface area contributed by atoms with E-state index in [9.17, 15) is 4.79 Å². The zero-order valence-corrected chi connectivity index (χ0v) is 18.0. The normalized spacial score (nSPS) is 19.5. The summed E-state index contributed by atoms with van der Waals surface area (Å²) in [7, 11) is 1.60. The molecule has 3 aromatic rings. The van der Waals surface area contributed by atoms with E-state index in [2.05, 4.69) is 4.98 Å². The van der Waals surface area contributed by atoms with Crippen LogP contribution in [-0.2, 0) is 4.79 Å². The number of amides is 1. The molecule has 0 bridgehead atoms. The van der Waals surface area contributed by atoms with Crippen LogP contribution in [0.5, 0.6) is 5.75 Å². The van der Waals surface area contributed by atoms with Gasteiger partial charge in [-0.15, -0.1) is 11.8 Å². The van der Waals surface area contributed by atoms with E-state index in [0.29, 0.717) is 26.6 Å². The first kappa shape index (κ1) is 19.6. The minimum Gasteiger partial charge on any atom is -0.497 e. The molecular formula is C20H15Cl3N2O2S. The Morgan fingerprint density at radius 2 is 1.82 bits per heavy atom.